The number of rotatable bonds is 10. The summed E-state index contributed by atoms with van der Waals surface area (Å²) in [5.74, 6) is -0.733. The van der Waals surface area contributed by atoms with Crippen LogP contribution in [0, 0.1) is 5.92 Å². The van der Waals surface area contributed by atoms with Crippen LogP contribution in [0.25, 0.3) is 0 Å². The predicted molar refractivity (Wildman–Crippen MR) is 164 cm³/mol. The smallest absolute Gasteiger partial charge is 0.313 e. The molecule has 1 fully saturated rings. The van der Waals surface area contributed by atoms with Gasteiger partial charge in [-0.3, -0.25) is 4.79 Å². The Morgan fingerprint density at radius 1 is 0.875 bits per heavy atom. The first-order valence-corrected chi connectivity index (χ1v) is 13.3. The number of nitrogens with zero attached hydrogens (tertiary/aromatic N) is 1. The van der Waals surface area contributed by atoms with Crippen molar-refractivity contribution in [2.24, 2.45) is 5.92 Å². The molecule has 5 N–H and O–H groups in total. The zero-order chi connectivity index (χ0) is 26.5. The molecule has 1 aliphatic rings. The summed E-state index contributed by atoms with van der Waals surface area (Å²) in [4.78, 5) is 13.9. The van der Waals surface area contributed by atoms with Crippen molar-refractivity contribution < 1.29 is 25.6 Å². The number of hydrogen-bond acceptors (Lipinski definition) is 4. The number of hydrogen-bond donors (Lipinski definition) is 3. The van der Waals surface area contributed by atoms with Crippen molar-refractivity contribution >= 4 is 18.4 Å². The van der Waals surface area contributed by atoms with Gasteiger partial charge in [0.05, 0.1) is 11.5 Å². The Balaban J connectivity index is 0.00000267. The molecular formula is C33H46ClNO5. The lowest BCUT2D eigenvalue weighted by molar-refractivity contribution is -0.142. The molecule has 40 heavy (non-hydrogen) atoms. The van der Waals surface area contributed by atoms with Crippen LogP contribution < -0.4 is 0 Å². The molecule has 1 aliphatic heterocycles. The minimum Gasteiger partial charge on any atom is -0.481 e. The van der Waals surface area contributed by atoms with Crippen LogP contribution in [-0.2, 0) is 15.8 Å². The van der Waals surface area contributed by atoms with Crippen molar-refractivity contribution in [3.8, 4) is 0 Å². The van der Waals surface area contributed by atoms with Crippen LogP contribution in [0.1, 0.15) is 75.3 Å². The van der Waals surface area contributed by atoms with Gasteiger partial charge in [0, 0.05) is 0 Å². The Morgan fingerprint density at radius 3 is 1.80 bits per heavy atom. The molecule has 1 unspecified atom stereocenters. The average Bonchev–Trinajstić information content (AvgIpc) is 2.94. The summed E-state index contributed by atoms with van der Waals surface area (Å²) in [6.45, 7) is 6.11. The van der Waals surface area contributed by atoms with E-state index in [-0.39, 0.29) is 31.2 Å². The summed E-state index contributed by atoms with van der Waals surface area (Å²) in [6.07, 6.45) is 2.77. The maximum atomic E-state index is 12.1. The molecule has 0 saturated carbocycles. The van der Waals surface area contributed by atoms with E-state index in [0.717, 1.165) is 61.2 Å². The molecule has 3 aromatic carbocycles. The Kier molecular flexibility index (Phi) is 13.5. The second-order valence-electron chi connectivity index (χ2n) is 10.8. The number of aliphatic hydroxyl groups excluding tert-OH is 1. The number of carbonyl (C=O) groups is 1. The molecule has 1 saturated heterocycles. The summed E-state index contributed by atoms with van der Waals surface area (Å²) in [7, 11) is 0. The SMILES string of the molecule is C.CC(C)(C(=O)O)c1ccc(C(O)CCCN2CCC(C(O)(c3ccccc3)c3ccccc3)CC2)cc1.Cl.O. The number of carboxylic acid groups (broad SMARTS) is 1. The Bertz CT molecular complexity index is 1110. The fraction of sp³-hybridized carbons (Fsp3) is 0.424. The van der Waals surface area contributed by atoms with Gasteiger partial charge in [0.2, 0.25) is 0 Å². The number of halogens is 1. The number of likely N-dealkylation sites (tertiary alicyclic amines) is 1. The molecule has 1 heterocycles. The first kappa shape index (κ1) is 35.3. The second-order valence-corrected chi connectivity index (χ2v) is 10.8. The third kappa shape index (κ3) is 7.71. The summed E-state index contributed by atoms with van der Waals surface area (Å²) in [6, 6.07) is 27.3. The highest BCUT2D eigenvalue weighted by molar-refractivity contribution is 5.85. The normalized spacial score (nSPS) is 15.2. The maximum absolute atomic E-state index is 12.1. The monoisotopic (exact) mass is 571 g/mol. The molecule has 7 heteroatoms. The number of carboxylic acids is 1. The van der Waals surface area contributed by atoms with Gasteiger partial charge in [0.25, 0.3) is 0 Å². The van der Waals surface area contributed by atoms with Gasteiger partial charge in [0.1, 0.15) is 5.60 Å². The predicted octanol–water partition coefficient (Wildman–Crippen LogP) is 5.74. The van der Waals surface area contributed by atoms with E-state index in [0.29, 0.717) is 6.42 Å². The van der Waals surface area contributed by atoms with E-state index in [4.69, 9.17) is 0 Å². The van der Waals surface area contributed by atoms with Crippen molar-refractivity contribution in [2.45, 2.75) is 64.1 Å². The van der Waals surface area contributed by atoms with E-state index in [1.807, 2.05) is 72.8 Å². The van der Waals surface area contributed by atoms with Crippen molar-refractivity contribution in [2.75, 3.05) is 19.6 Å². The van der Waals surface area contributed by atoms with E-state index >= 15 is 0 Å². The first-order chi connectivity index (χ1) is 17.7. The van der Waals surface area contributed by atoms with Crippen LogP contribution >= 0.6 is 12.4 Å². The summed E-state index contributed by atoms with van der Waals surface area (Å²) < 4.78 is 0. The van der Waals surface area contributed by atoms with E-state index in [9.17, 15) is 20.1 Å². The Hall–Kier alpha value is -2.74. The molecule has 1 atom stereocenters. The number of piperidine rings is 1. The fourth-order valence-electron chi connectivity index (χ4n) is 5.52. The van der Waals surface area contributed by atoms with Gasteiger partial charge in [0.15, 0.2) is 0 Å². The van der Waals surface area contributed by atoms with Crippen LogP contribution in [0.3, 0.4) is 0 Å². The fourth-order valence-corrected chi connectivity index (χ4v) is 5.52. The first-order valence-electron chi connectivity index (χ1n) is 13.3. The zero-order valence-electron chi connectivity index (χ0n) is 22.8. The highest BCUT2D eigenvalue weighted by Gasteiger charge is 2.41. The summed E-state index contributed by atoms with van der Waals surface area (Å²) in [5, 5.41) is 32.2. The minimum absolute atomic E-state index is 0. The summed E-state index contributed by atoms with van der Waals surface area (Å²) in [5.41, 5.74) is 1.47. The maximum Gasteiger partial charge on any atom is 0.313 e. The third-order valence-electron chi connectivity index (χ3n) is 8.11. The molecule has 6 nitrogen and oxygen atoms in total. The van der Waals surface area contributed by atoms with Gasteiger partial charge in [-0.05, 0) is 87.3 Å². The van der Waals surface area contributed by atoms with Crippen LogP contribution in [0.4, 0.5) is 0 Å². The van der Waals surface area contributed by atoms with Gasteiger partial charge in [-0.1, -0.05) is 92.4 Å². The lowest BCUT2D eigenvalue weighted by Crippen LogP contribution is -2.44. The molecule has 220 valence electrons. The third-order valence-corrected chi connectivity index (χ3v) is 8.11. The van der Waals surface area contributed by atoms with Crippen molar-refractivity contribution in [3.63, 3.8) is 0 Å². The van der Waals surface area contributed by atoms with Crippen molar-refractivity contribution in [1.82, 2.24) is 4.90 Å². The Labute approximate surface area is 245 Å². The highest BCUT2D eigenvalue weighted by Crippen LogP contribution is 2.42. The van der Waals surface area contributed by atoms with Crippen molar-refractivity contribution in [3.05, 3.63) is 107 Å². The number of aliphatic carboxylic acids is 1. The van der Waals surface area contributed by atoms with E-state index in [1.54, 1.807) is 26.0 Å². The molecule has 0 aromatic heterocycles. The molecule has 0 spiro atoms. The lowest BCUT2D eigenvalue weighted by Gasteiger charge is -2.42. The molecule has 0 radical (unpaired) electrons. The number of aliphatic hydroxyl groups is 2. The number of benzene rings is 3. The molecule has 3 aromatic rings. The second kappa shape index (κ2) is 15.3. The van der Waals surface area contributed by atoms with Gasteiger partial charge >= 0.3 is 5.97 Å². The largest absolute Gasteiger partial charge is 0.481 e. The molecule has 0 bridgehead atoms. The standard InChI is InChI=1S/C32H39NO4.CH4.ClH.H2O/c1-31(2,30(35)36)25-17-15-24(16-18-25)29(34)14-9-21-33-22-19-28(20-23-33)32(37,26-10-5-3-6-11-26)27-12-7-4-8-13-27;;;/h3-8,10-13,15-18,28-29,34,37H,9,14,19-23H2,1-2H3,(H,35,36);1H4;1H;1H2. The van der Waals surface area contributed by atoms with Crippen LogP contribution in [0.15, 0.2) is 84.9 Å². The molecule has 0 aliphatic carbocycles. The van der Waals surface area contributed by atoms with Gasteiger partial charge < -0.3 is 25.7 Å². The molecule has 0 amide bonds. The van der Waals surface area contributed by atoms with Crippen LogP contribution in [0.5, 0.6) is 0 Å². The highest BCUT2D eigenvalue weighted by atomic mass is 35.5. The molecule has 4 rings (SSSR count). The summed E-state index contributed by atoms with van der Waals surface area (Å²) >= 11 is 0. The topological polar surface area (TPSA) is 112 Å². The van der Waals surface area contributed by atoms with Gasteiger partial charge in [-0.25, -0.2) is 0 Å². The van der Waals surface area contributed by atoms with Crippen molar-refractivity contribution in [1.29, 1.82) is 0 Å². The Morgan fingerprint density at radius 2 is 1.35 bits per heavy atom. The van der Waals surface area contributed by atoms with Gasteiger partial charge in [-0.15, -0.1) is 12.4 Å². The van der Waals surface area contributed by atoms with E-state index in [2.05, 4.69) is 4.90 Å². The lowest BCUT2D eigenvalue weighted by atomic mass is 9.72. The van der Waals surface area contributed by atoms with Gasteiger partial charge in [-0.2, -0.15) is 0 Å². The quantitative estimate of drug-likeness (QED) is 0.287. The zero-order valence-corrected chi connectivity index (χ0v) is 23.6. The van der Waals surface area contributed by atoms with E-state index < -0.39 is 23.1 Å². The minimum atomic E-state index is -1.01. The average molecular weight is 572 g/mol. The van der Waals surface area contributed by atoms with E-state index in [1.165, 1.54) is 0 Å². The molecular weight excluding hydrogens is 526 g/mol. The van der Waals surface area contributed by atoms with Crippen LogP contribution in [-0.4, -0.2) is 51.3 Å². The van der Waals surface area contributed by atoms with Crippen LogP contribution in [0.2, 0.25) is 0 Å².